The summed E-state index contributed by atoms with van der Waals surface area (Å²) in [4.78, 5) is 28.6. The van der Waals surface area contributed by atoms with Gasteiger partial charge in [-0.05, 0) is 12.8 Å². The van der Waals surface area contributed by atoms with E-state index in [9.17, 15) is 9.59 Å². The van der Waals surface area contributed by atoms with Gasteiger partial charge < -0.3 is 14.9 Å². The van der Waals surface area contributed by atoms with Crippen molar-refractivity contribution in [3.63, 3.8) is 0 Å². The van der Waals surface area contributed by atoms with E-state index in [-0.39, 0.29) is 19.0 Å². The minimum atomic E-state index is -0.865. The van der Waals surface area contributed by atoms with Crippen molar-refractivity contribution in [2.75, 3.05) is 39.8 Å². The summed E-state index contributed by atoms with van der Waals surface area (Å²) in [6.45, 7) is 3.68. The number of carboxylic acids is 1. The SMILES string of the molecule is CN(CCC(=O)O)C(=O)N1CCN(C2CCCC2)CC1. The maximum atomic E-state index is 12.2. The molecule has 1 aliphatic carbocycles. The molecule has 0 unspecified atom stereocenters. The quantitative estimate of drug-likeness (QED) is 0.838. The Kier molecular flexibility index (Phi) is 5.23. The summed E-state index contributed by atoms with van der Waals surface area (Å²) in [7, 11) is 1.68. The van der Waals surface area contributed by atoms with Crippen molar-refractivity contribution in [1.82, 2.24) is 14.7 Å². The zero-order valence-electron chi connectivity index (χ0n) is 12.3. The van der Waals surface area contributed by atoms with Gasteiger partial charge in [0.25, 0.3) is 0 Å². The van der Waals surface area contributed by atoms with Crippen LogP contribution in [-0.2, 0) is 4.79 Å². The Morgan fingerprint density at radius 2 is 1.75 bits per heavy atom. The van der Waals surface area contributed by atoms with Crippen LogP contribution in [0, 0.1) is 0 Å². The second-order valence-corrected chi connectivity index (χ2v) is 5.81. The lowest BCUT2D eigenvalue weighted by atomic mass is 10.2. The molecular formula is C14H25N3O3. The number of nitrogens with zero attached hydrogens (tertiary/aromatic N) is 3. The highest BCUT2D eigenvalue weighted by Crippen LogP contribution is 2.24. The molecule has 6 nitrogen and oxygen atoms in total. The molecule has 1 saturated heterocycles. The van der Waals surface area contributed by atoms with Crippen LogP contribution in [0.1, 0.15) is 32.1 Å². The van der Waals surface area contributed by atoms with Crippen LogP contribution in [0.25, 0.3) is 0 Å². The van der Waals surface area contributed by atoms with Gasteiger partial charge in [0.15, 0.2) is 0 Å². The first-order chi connectivity index (χ1) is 9.58. The fourth-order valence-electron chi connectivity index (χ4n) is 3.15. The highest BCUT2D eigenvalue weighted by Gasteiger charge is 2.28. The van der Waals surface area contributed by atoms with E-state index < -0.39 is 5.97 Å². The smallest absolute Gasteiger partial charge is 0.319 e. The molecule has 2 rings (SSSR count). The average molecular weight is 283 g/mol. The molecule has 114 valence electrons. The first-order valence-corrected chi connectivity index (χ1v) is 7.54. The predicted octanol–water partition coefficient (Wildman–Crippen LogP) is 1.07. The average Bonchev–Trinajstić information content (AvgIpc) is 2.98. The summed E-state index contributed by atoms with van der Waals surface area (Å²) in [5, 5.41) is 8.65. The van der Waals surface area contributed by atoms with Gasteiger partial charge in [0.2, 0.25) is 0 Å². The van der Waals surface area contributed by atoms with Gasteiger partial charge in [0.05, 0.1) is 6.42 Å². The number of hydrogen-bond acceptors (Lipinski definition) is 3. The summed E-state index contributed by atoms with van der Waals surface area (Å²) < 4.78 is 0. The summed E-state index contributed by atoms with van der Waals surface area (Å²) in [6, 6.07) is 0.675. The fourth-order valence-corrected chi connectivity index (χ4v) is 3.15. The third-order valence-electron chi connectivity index (χ3n) is 4.41. The summed E-state index contributed by atoms with van der Waals surface area (Å²) in [5.41, 5.74) is 0. The number of amides is 2. The molecule has 0 spiro atoms. The number of carbonyl (C=O) groups is 2. The lowest BCUT2D eigenvalue weighted by Gasteiger charge is -2.39. The summed E-state index contributed by atoms with van der Waals surface area (Å²) in [5.74, 6) is -0.865. The van der Waals surface area contributed by atoms with Gasteiger partial charge in [-0.3, -0.25) is 9.69 Å². The van der Waals surface area contributed by atoms with Gasteiger partial charge >= 0.3 is 12.0 Å². The molecule has 2 aliphatic rings. The van der Waals surface area contributed by atoms with Crippen molar-refractivity contribution in [3.05, 3.63) is 0 Å². The number of rotatable bonds is 4. The van der Waals surface area contributed by atoms with Crippen LogP contribution in [0.15, 0.2) is 0 Å². The predicted molar refractivity (Wildman–Crippen MR) is 75.7 cm³/mol. The molecule has 1 saturated carbocycles. The van der Waals surface area contributed by atoms with Crippen molar-refractivity contribution >= 4 is 12.0 Å². The molecule has 2 fully saturated rings. The number of carboxylic acid groups (broad SMARTS) is 1. The second-order valence-electron chi connectivity index (χ2n) is 5.81. The zero-order chi connectivity index (χ0) is 14.5. The molecule has 0 aromatic rings. The maximum Gasteiger partial charge on any atom is 0.319 e. The zero-order valence-corrected chi connectivity index (χ0v) is 12.3. The van der Waals surface area contributed by atoms with Gasteiger partial charge in [-0.1, -0.05) is 12.8 Å². The molecular weight excluding hydrogens is 258 g/mol. The van der Waals surface area contributed by atoms with E-state index in [2.05, 4.69) is 4.90 Å². The van der Waals surface area contributed by atoms with Gasteiger partial charge in [-0.2, -0.15) is 0 Å². The largest absolute Gasteiger partial charge is 0.481 e. The summed E-state index contributed by atoms with van der Waals surface area (Å²) >= 11 is 0. The molecule has 0 aromatic heterocycles. The van der Waals surface area contributed by atoms with Crippen molar-refractivity contribution in [2.24, 2.45) is 0 Å². The van der Waals surface area contributed by atoms with Gasteiger partial charge in [-0.15, -0.1) is 0 Å². The van der Waals surface area contributed by atoms with Crippen LogP contribution >= 0.6 is 0 Å². The van der Waals surface area contributed by atoms with Crippen LogP contribution < -0.4 is 0 Å². The fraction of sp³-hybridized carbons (Fsp3) is 0.857. The van der Waals surface area contributed by atoms with E-state index >= 15 is 0 Å². The third kappa shape index (κ3) is 3.85. The lowest BCUT2D eigenvalue weighted by molar-refractivity contribution is -0.137. The van der Waals surface area contributed by atoms with Crippen LogP contribution in [0.5, 0.6) is 0 Å². The molecule has 1 heterocycles. The lowest BCUT2D eigenvalue weighted by Crippen LogP contribution is -2.54. The van der Waals surface area contributed by atoms with Crippen molar-refractivity contribution in [3.8, 4) is 0 Å². The molecule has 0 atom stereocenters. The normalized spacial score (nSPS) is 21.1. The molecule has 20 heavy (non-hydrogen) atoms. The Hall–Kier alpha value is -1.30. The topological polar surface area (TPSA) is 64.1 Å². The number of carbonyl (C=O) groups excluding carboxylic acids is 1. The number of piperazine rings is 1. The number of aliphatic carboxylic acids is 1. The Morgan fingerprint density at radius 1 is 1.15 bits per heavy atom. The highest BCUT2D eigenvalue weighted by molar-refractivity contribution is 5.75. The number of hydrogen-bond donors (Lipinski definition) is 1. The second kappa shape index (κ2) is 6.92. The minimum Gasteiger partial charge on any atom is -0.481 e. The molecule has 0 bridgehead atoms. The summed E-state index contributed by atoms with van der Waals surface area (Å²) in [6.07, 6.45) is 5.27. The van der Waals surface area contributed by atoms with Gasteiger partial charge in [0, 0.05) is 45.8 Å². The van der Waals surface area contributed by atoms with E-state index in [1.54, 1.807) is 7.05 Å². The van der Waals surface area contributed by atoms with Gasteiger partial charge in [-0.25, -0.2) is 4.79 Å². The van der Waals surface area contributed by atoms with E-state index in [4.69, 9.17) is 5.11 Å². The molecule has 1 aliphatic heterocycles. The minimum absolute atomic E-state index is 0.00425. The van der Waals surface area contributed by atoms with Crippen molar-refractivity contribution in [2.45, 2.75) is 38.1 Å². The maximum absolute atomic E-state index is 12.2. The molecule has 0 aromatic carbocycles. The van der Waals surface area contributed by atoms with Crippen LogP contribution in [0.2, 0.25) is 0 Å². The van der Waals surface area contributed by atoms with E-state index in [1.165, 1.54) is 30.6 Å². The Bertz CT molecular complexity index is 348. The highest BCUT2D eigenvalue weighted by atomic mass is 16.4. The monoisotopic (exact) mass is 283 g/mol. The third-order valence-corrected chi connectivity index (χ3v) is 4.41. The Morgan fingerprint density at radius 3 is 2.30 bits per heavy atom. The van der Waals surface area contributed by atoms with Crippen LogP contribution in [0.3, 0.4) is 0 Å². The first-order valence-electron chi connectivity index (χ1n) is 7.54. The van der Waals surface area contributed by atoms with E-state index in [0.717, 1.165) is 32.2 Å². The van der Waals surface area contributed by atoms with Crippen molar-refractivity contribution < 1.29 is 14.7 Å². The van der Waals surface area contributed by atoms with Gasteiger partial charge in [0.1, 0.15) is 0 Å². The Balaban J connectivity index is 1.74. The molecule has 0 radical (unpaired) electrons. The first kappa shape index (κ1) is 15.1. The standard InChI is InChI=1S/C14H25N3O3/c1-15(7-6-13(18)19)14(20)17-10-8-16(9-11-17)12-4-2-3-5-12/h12H,2-11H2,1H3,(H,18,19). The van der Waals surface area contributed by atoms with E-state index in [0.29, 0.717) is 0 Å². The van der Waals surface area contributed by atoms with E-state index in [1.807, 2.05) is 4.90 Å². The van der Waals surface area contributed by atoms with Crippen LogP contribution in [0.4, 0.5) is 4.79 Å². The Labute approximate surface area is 120 Å². The molecule has 1 N–H and O–H groups in total. The number of urea groups is 1. The molecule has 6 heteroatoms. The van der Waals surface area contributed by atoms with Crippen molar-refractivity contribution in [1.29, 1.82) is 0 Å². The molecule has 2 amide bonds. The van der Waals surface area contributed by atoms with Crippen LogP contribution in [-0.4, -0.2) is 77.6 Å².